The number of sulfonamides is 1. The first-order chi connectivity index (χ1) is 13.3. The second kappa shape index (κ2) is 6.79. The van der Waals surface area contributed by atoms with Gasteiger partial charge in [-0.3, -0.25) is 14.9 Å². The van der Waals surface area contributed by atoms with Crippen LogP contribution in [0.3, 0.4) is 0 Å². The van der Waals surface area contributed by atoms with E-state index < -0.39 is 26.9 Å². The Labute approximate surface area is 163 Å². The van der Waals surface area contributed by atoms with Gasteiger partial charge in [0.25, 0.3) is 5.69 Å². The maximum atomic E-state index is 13.5. The fraction of sp³-hybridized carbons (Fsp3) is 0.350. The number of non-ortho nitro benzene ring substituents is 1. The van der Waals surface area contributed by atoms with Crippen LogP contribution in [0.15, 0.2) is 53.4 Å². The van der Waals surface area contributed by atoms with Gasteiger partial charge in [-0.25, -0.2) is 8.42 Å². The number of carbonyl (C=O) groups excluding carboxylic acids is 1. The van der Waals surface area contributed by atoms with Gasteiger partial charge in [0.15, 0.2) is 0 Å². The number of ketones is 1. The lowest BCUT2D eigenvalue weighted by Gasteiger charge is -2.49. The van der Waals surface area contributed by atoms with Crippen molar-refractivity contribution in [2.75, 3.05) is 0 Å². The molecular weight excluding hydrogens is 380 g/mol. The van der Waals surface area contributed by atoms with Gasteiger partial charge in [0.2, 0.25) is 10.0 Å². The standard InChI is InChI=1S/C20H20N2O5S/c1-13-2-9-17(10-3-13)28(26,27)21-16-8-11-18(19(23)12-16)20(21)14-4-6-15(7-5-14)22(24)25/h2-7,9-10,16,18,20H,8,11-12H2,1H3/t16-,18+,20+/m1/s1. The van der Waals surface area contributed by atoms with E-state index in [4.69, 9.17) is 0 Å². The number of hydrogen-bond donors (Lipinski definition) is 0. The number of nitro groups is 1. The first kappa shape index (κ1) is 18.8. The van der Waals surface area contributed by atoms with E-state index in [1.807, 2.05) is 6.92 Å². The molecule has 2 bridgehead atoms. The maximum absolute atomic E-state index is 13.5. The van der Waals surface area contributed by atoms with Crippen molar-refractivity contribution in [3.63, 3.8) is 0 Å². The molecule has 2 aliphatic heterocycles. The molecule has 1 saturated carbocycles. The van der Waals surface area contributed by atoms with Crippen molar-refractivity contribution in [3.05, 3.63) is 69.8 Å². The normalized spacial score (nSPS) is 25.0. The van der Waals surface area contributed by atoms with Crippen LogP contribution >= 0.6 is 0 Å². The quantitative estimate of drug-likeness (QED) is 0.579. The summed E-state index contributed by atoms with van der Waals surface area (Å²) in [7, 11) is -3.81. The van der Waals surface area contributed by atoms with E-state index in [-0.39, 0.29) is 28.8 Å². The van der Waals surface area contributed by atoms with Crippen LogP contribution < -0.4 is 0 Å². The molecule has 7 nitrogen and oxygen atoms in total. The van der Waals surface area contributed by atoms with Gasteiger partial charge in [-0.05, 0) is 37.5 Å². The highest BCUT2D eigenvalue weighted by molar-refractivity contribution is 7.89. The Morgan fingerprint density at radius 1 is 1.04 bits per heavy atom. The fourth-order valence-electron chi connectivity index (χ4n) is 4.32. The Hall–Kier alpha value is -2.58. The number of rotatable bonds is 4. The van der Waals surface area contributed by atoms with Crippen molar-refractivity contribution in [1.29, 1.82) is 0 Å². The lowest BCUT2D eigenvalue weighted by molar-refractivity contribution is -0.384. The third-order valence-electron chi connectivity index (χ3n) is 5.72. The minimum absolute atomic E-state index is 0.0648. The Bertz CT molecular complexity index is 1030. The van der Waals surface area contributed by atoms with Crippen LogP contribution in [0.1, 0.15) is 36.4 Å². The van der Waals surface area contributed by atoms with Crippen LogP contribution in [0.4, 0.5) is 5.69 Å². The number of nitro benzene ring substituents is 1. The largest absolute Gasteiger partial charge is 0.299 e. The molecule has 0 aromatic heterocycles. The second-order valence-electron chi connectivity index (χ2n) is 7.45. The summed E-state index contributed by atoms with van der Waals surface area (Å²) in [5.74, 6) is -0.360. The summed E-state index contributed by atoms with van der Waals surface area (Å²) in [5, 5.41) is 10.9. The highest BCUT2D eigenvalue weighted by Crippen LogP contribution is 2.48. The highest BCUT2D eigenvalue weighted by Gasteiger charge is 2.52. The number of fused-ring (bicyclic) bond motifs is 3. The number of hydrogen-bond acceptors (Lipinski definition) is 5. The molecule has 2 aromatic rings. The molecule has 5 rings (SSSR count). The summed E-state index contributed by atoms with van der Waals surface area (Å²) in [6, 6.07) is 11.5. The van der Waals surface area contributed by atoms with Crippen molar-refractivity contribution in [2.45, 2.75) is 43.2 Å². The van der Waals surface area contributed by atoms with E-state index >= 15 is 0 Å². The van der Waals surface area contributed by atoms with Gasteiger partial charge >= 0.3 is 0 Å². The molecule has 0 amide bonds. The smallest absolute Gasteiger partial charge is 0.269 e. The topological polar surface area (TPSA) is 97.6 Å². The van der Waals surface area contributed by atoms with Gasteiger partial charge in [0, 0.05) is 30.5 Å². The Morgan fingerprint density at radius 2 is 1.68 bits per heavy atom. The molecule has 0 radical (unpaired) electrons. The van der Waals surface area contributed by atoms with Gasteiger partial charge in [0.1, 0.15) is 5.78 Å². The molecule has 3 atom stereocenters. The molecule has 8 heteroatoms. The third kappa shape index (κ3) is 3.02. The van der Waals surface area contributed by atoms with Gasteiger partial charge in [-0.1, -0.05) is 29.8 Å². The van der Waals surface area contributed by atoms with Crippen LogP contribution in [-0.2, 0) is 14.8 Å². The average molecular weight is 400 g/mol. The molecule has 146 valence electrons. The van der Waals surface area contributed by atoms with Crippen LogP contribution in [0.5, 0.6) is 0 Å². The maximum Gasteiger partial charge on any atom is 0.269 e. The average Bonchev–Trinajstić information content (AvgIpc) is 2.68. The molecule has 0 N–H and O–H groups in total. The summed E-state index contributed by atoms with van der Waals surface area (Å²) in [6.45, 7) is 1.89. The number of Topliss-reactive ketones (excluding diaryl/α,β-unsaturated/α-hetero) is 1. The zero-order valence-corrected chi connectivity index (χ0v) is 16.1. The summed E-state index contributed by atoms with van der Waals surface area (Å²) in [5.41, 5.74) is 1.51. The molecule has 3 aliphatic rings. The summed E-state index contributed by atoms with van der Waals surface area (Å²) >= 11 is 0. The molecule has 2 heterocycles. The zero-order valence-electron chi connectivity index (χ0n) is 15.3. The monoisotopic (exact) mass is 400 g/mol. The van der Waals surface area contributed by atoms with Crippen molar-refractivity contribution >= 4 is 21.5 Å². The molecular formula is C20H20N2O5S. The van der Waals surface area contributed by atoms with Crippen molar-refractivity contribution in [1.82, 2.24) is 4.31 Å². The lowest BCUT2D eigenvalue weighted by Crippen LogP contribution is -2.56. The number of benzene rings is 2. The minimum Gasteiger partial charge on any atom is -0.299 e. The molecule has 1 aliphatic carbocycles. The molecule has 0 unspecified atom stereocenters. The van der Waals surface area contributed by atoms with Gasteiger partial charge in [-0.15, -0.1) is 0 Å². The van der Waals surface area contributed by atoms with Gasteiger partial charge < -0.3 is 0 Å². The number of piperidine rings is 2. The molecule has 3 fully saturated rings. The lowest BCUT2D eigenvalue weighted by atomic mass is 9.73. The van der Waals surface area contributed by atoms with E-state index in [0.29, 0.717) is 18.4 Å². The number of nitrogens with zero attached hydrogens (tertiary/aromatic N) is 2. The Morgan fingerprint density at radius 3 is 2.25 bits per heavy atom. The number of carbonyl (C=O) groups is 1. The van der Waals surface area contributed by atoms with Crippen LogP contribution in [0.2, 0.25) is 0 Å². The molecule has 2 saturated heterocycles. The summed E-state index contributed by atoms with van der Waals surface area (Å²) in [4.78, 5) is 23.2. The van der Waals surface area contributed by atoms with Crippen LogP contribution in [-0.4, -0.2) is 29.5 Å². The second-order valence-corrected chi connectivity index (χ2v) is 9.29. The van der Waals surface area contributed by atoms with Crippen molar-refractivity contribution < 1.29 is 18.1 Å². The zero-order chi connectivity index (χ0) is 20.1. The van der Waals surface area contributed by atoms with E-state index in [2.05, 4.69) is 0 Å². The first-order valence-corrected chi connectivity index (χ1v) is 10.6. The van der Waals surface area contributed by atoms with E-state index in [9.17, 15) is 23.3 Å². The van der Waals surface area contributed by atoms with Crippen LogP contribution in [0, 0.1) is 23.0 Å². The molecule has 2 aromatic carbocycles. The van der Waals surface area contributed by atoms with Crippen molar-refractivity contribution in [3.8, 4) is 0 Å². The predicted octanol–water partition coefficient (Wildman–Crippen LogP) is 3.39. The Balaban J connectivity index is 1.80. The SMILES string of the molecule is Cc1ccc(S(=O)(=O)N2[C@@H]3CC[C@@H](C(=O)C3)[C@@H]2c2ccc([N+](=O)[O-])cc2)cc1. The fourth-order valence-corrected chi connectivity index (χ4v) is 6.19. The highest BCUT2D eigenvalue weighted by atomic mass is 32.2. The molecule has 28 heavy (non-hydrogen) atoms. The van der Waals surface area contributed by atoms with E-state index in [1.54, 1.807) is 36.4 Å². The third-order valence-corrected chi connectivity index (χ3v) is 7.67. The predicted molar refractivity (Wildman–Crippen MR) is 102 cm³/mol. The summed E-state index contributed by atoms with van der Waals surface area (Å²) < 4.78 is 28.4. The molecule has 0 spiro atoms. The number of aryl methyl sites for hydroxylation is 1. The van der Waals surface area contributed by atoms with Gasteiger partial charge in [-0.2, -0.15) is 4.31 Å². The van der Waals surface area contributed by atoms with Crippen LogP contribution in [0.25, 0.3) is 0 Å². The van der Waals surface area contributed by atoms with Crippen molar-refractivity contribution in [2.24, 2.45) is 5.92 Å². The van der Waals surface area contributed by atoms with E-state index in [1.165, 1.54) is 16.4 Å². The summed E-state index contributed by atoms with van der Waals surface area (Å²) in [6.07, 6.45) is 1.50. The van der Waals surface area contributed by atoms with Gasteiger partial charge in [0.05, 0.1) is 15.9 Å². The minimum atomic E-state index is -3.81. The Kier molecular flexibility index (Phi) is 4.55. The first-order valence-electron chi connectivity index (χ1n) is 9.16. The van der Waals surface area contributed by atoms with E-state index in [0.717, 1.165) is 5.56 Å².